The molecule has 0 spiro atoms. The lowest BCUT2D eigenvalue weighted by Gasteiger charge is -2.37. The fourth-order valence-electron chi connectivity index (χ4n) is 4.27. The summed E-state index contributed by atoms with van der Waals surface area (Å²) in [4.78, 5) is 30.7. The van der Waals surface area contributed by atoms with Gasteiger partial charge in [0, 0.05) is 31.2 Å². The van der Waals surface area contributed by atoms with E-state index >= 15 is 0 Å². The van der Waals surface area contributed by atoms with E-state index in [9.17, 15) is 9.59 Å². The van der Waals surface area contributed by atoms with E-state index in [1.54, 1.807) is 0 Å². The van der Waals surface area contributed by atoms with Gasteiger partial charge in [0.05, 0.1) is 17.6 Å². The first-order valence-electron chi connectivity index (χ1n) is 10.4. The molecule has 2 amide bonds. The summed E-state index contributed by atoms with van der Waals surface area (Å²) in [6.07, 6.45) is 4.26. The highest BCUT2D eigenvalue weighted by Crippen LogP contribution is 2.26. The third-order valence-corrected chi connectivity index (χ3v) is 6.74. The first kappa shape index (κ1) is 20.1. The Morgan fingerprint density at radius 1 is 1.17 bits per heavy atom. The van der Waals surface area contributed by atoms with E-state index in [2.05, 4.69) is 0 Å². The van der Waals surface area contributed by atoms with Gasteiger partial charge in [0.25, 0.3) is 11.8 Å². The van der Waals surface area contributed by atoms with Crippen LogP contribution >= 0.6 is 11.3 Å². The highest BCUT2D eigenvalue weighted by atomic mass is 32.1. The number of nitrogens with zero attached hydrogens (tertiary/aromatic N) is 2. The van der Waals surface area contributed by atoms with Gasteiger partial charge in [-0.2, -0.15) is 0 Å². The van der Waals surface area contributed by atoms with Crippen molar-refractivity contribution in [3.8, 4) is 0 Å². The molecule has 0 bridgehead atoms. The number of rotatable bonds is 5. The Bertz CT molecular complexity index is 828. The van der Waals surface area contributed by atoms with Crippen molar-refractivity contribution in [1.82, 2.24) is 9.80 Å². The molecule has 1 aromatic heterocycles. The maximum absolute atomic E-state index is 13.3. The maximum Gasteiger partial charge on any atom is 0.264 e. The van der Waals surface area contributed by atoms with Crippen molar-refractivity contribution in [1.29, 1.82) is 0 Å². The van der Waals surface area contributed by atoms with Crippen LogP contribution in [0.25, 0.3) is 0 Å². The largest absolute Gasteiger partial charge is 0.373 e. The number of morpholine rings is 1. The van der Waals surface area contributed by atoms with Gasteiger partial charge in [0.15, 0.2) is 0 Å². The van der Waals surface area contributed by atoms with Crippen molar-refractivity contribution in [2.45, 2.75) is 44.8 Å². The van der Waals surface area contributed by atoms with E-state index in [1.807, 2.05) is 58.5 Å². The lowest BCUT2D eigenvalue weighted by atomic mass is 10.1. The van der Waals surface area contributed by atoms with Crippen LogP contribution in [0, 0.1) is 6.92 Å². The SMILES string of the molecule is Cc1ccc(C(=O)N(C[C@@H]2CN(C(=O)c3cccs3)CCO2)C2CCCC2)cc1. The maximum atomic E-state index is 13.3. The molecule has 29 heavy (non-hydrogen) atoms. The lowest BCUT2D eigenvalue weighted by Crippen LogP contribution is -2.52. The summed E-state index contributed by atoms with van der Waals surface area (Å²) in [5, 5.41) is 1.92. The van der Waals surface area contributed by atoms with Crippen molar-refractivity contribution in [3.63, 3.8) is 0 Å². The number of hydrogen-bond donors (Lipinski definition) is 0. The van der Waals surface area contributed by atoms with Gasteiger partial charge in [-0.3, -0.25) is 9.59 Å². The summed E-state index contributed by atoms with van der Waals surface area (Å²) in [5.41, 5.74) is 1.87. The van der Waals surface area contributed by atoms with Crippen molar-refractivity contribution >= 4 is 23.2 Å². The van der Waals surface area contributed by atoms with E-state index in [0.29, 0.717) is 26.2 Å². The van der Waals surface area contributed by atoms with Crippen LogP contribution in [-0.4, -0.2) is 60.0 Å². The molecule has 1 aromatic carbocycles. The summed E-state index contributed by atoms with van der Waals surface area (Å²) in [7, 11) is 0. The molecule has 0 N–H and O–H groups in total. The number of aryl methyl sites for hydroxylation is 1. The second-order valence-electron chi connectivity index (χ2n) is 7.98. The van der Waals surface area contributed by atoms with Gasteiger partial charge in [0.1, 0.15) is 0 Å². The quantitative estimate of drug-likeness (QED) is 0.746. The molecular formula is C23H28N2O3S. The molecule has 2 heterocycles. The van der Waals surface area contributed by atoms with Crippen molar-refractivity contribution in [3.05, 3.63) is 57.8 Å². The molecule has 1 saturated heterocycles. The summed E-state index contributed by atoms with van der Waals surface area (Å²) >= 11 is 1.47. The molecule has 0 radical (unpaired) electrons. The Kier molecular flexibility index (Phi) is 6.31. The number of hydrogen-bond acceptors (Lipinski definition) is 4. The van der Waals surface area contributed by atoms with Crippen molar-refractivity contribution < 1.29 is 14.3 Å². The minimum Gasteiger partial charge on any atom is -0.373 e. The highest BCUT2D eigenvalue weighted by Gasteiger charge is 2.33. The van der Waals surface area contributed by atoms with Crippen molar-refractivity contribution in [2.24, 2.45) is 0 Å². The standard InChI is InChI=1S/C23H28N2O3S/c1-17-8-10-18(11-9-17)22(26)25(19-5-2-3-6-19)16-20-15-24(12-13-28-20)23(27)21-7-4-14-29-21/h4,7-11,14,19-20H,2-3,5-6,12-13,15-16H2,1H3/t20-/m0/s1. The molecule has 1 atom stereocenters. The molecule has 4 rings (SSSR count). The smallest absolute Gasteiger partial charge is 0.264 e. The Balaban J connectivity index is 1.47. The Morgan fingerprint density at radius 2 is 1.93 bits per heavy atom. The van der Waals surface area contributed by atoms with Crippen LogP contribution in [-0.2, 0) is 4.74 Å². The molecule has 154 valence electrons. The average molecular weight is 413 g/mol. The van der Waals surface area contributed by atoms with Gasteiger partial charge in [-0.25, -0.2) is 0 Å². The number of thiophene rings is 1. The number of benzene rings is 1. The molecule has 1 saturated carbocycles. The Morgan fingerprint density at radius 3 is 2.62 bits per heavy atom. The second kappa shape index (κ2) is 9.09. The third-order valence-electron chi connectivity index (χ3n) is 5.88. The highest BCUT2D eigenvalue weighted by molar-refractivity contribution is 7.12. The van der Waals surface area contributed by atoms with Gasteiger partial charge >= 0.3 is 0 Å². The van der Waals surface area contributed by atoms with Crippen molar-refractivity contribution in [2.75, 3.05) is 26.2 Å². The lowest BCUT2D eigenvalue weighted by molar-refractivity contribution is -0.0369. The number of carbonyl (C=O) groups excluding carboxylic acids is 2. The van der Waals surface area contributed by atoms with Crippen LogP contribution in [0.5, 0.6) is 0 Å². The van der Waals surface area contributed by atoms with Crippen LogP contribution < -0.4 is 0 Å². The first-order chi connectivity index (χ1) is 14.1. The molecule has 1 aliphatic carbocycles. The van der Waals surface area contributed by atoms with Gasteiger partial charge in [-0.05, 0) is 43.3 Å². The molecule has 5 nitrogen and oxygen atoms in total. The normalized spacial score (nSPS) is 20.0. The predicted molar refractivity (Wildman–Crippen MR) is 114 cm³/mol. The van der Waals surface area contributed by atoms with Crippen LogP contribution in [0.3, 0.4) is 0 Å². The molecule has 1 aliphatic heterocycles. The molecule has 0 unspecified atom stereocenters. The fraction of sp³-hybridized carbons (Fsp3) is 0.478. The molecule has 6 heteroatoms. The molecule has 2 aromatic rings. The second-order valence-corrected chi connectivity index (χ2v) is 8.93. The first-order valence-corrected chi connectivity index (χ1v) is 11.3. The van der Waals surface area contributed by atoms with Gasteiger partial charge in [-0.1, -0.05) is 36.6 Å². The molecule has 2 fully saturated rings. The number of carbonyl (C=O) groups is 2. The fourth-order valence-corrected chi connectivity index (χ4v) is 4.96. The van der Waals surface area contributed by atoms with Gasteiger partial charge in [-0.15, -0.1) is 11.3 Å². The topological polar surface area (TPSA) is 49.9 Å². The van der Waals surface area contributed by atoms with Gasteiger partial charge in [0.2, 0.25) is 0 Å². The van der Waals surface area contributed by atoms with Crippen LogP contribution in [0.15, 0.2) is 41.8 Å². The summed E-state index contributed by atoms with van der Waals surface area (Å²) in [6.45, 7) is 4.20. The van der Waals surface area contributed by atoms with Crippen LogP contribution in [0.4, 0.5) is 0 Å². The van der Waals surface area contributed by atoms with E-state index in [-0.39, 0.29) is 24.0 Å². The van der Waals surface area contributed by atoms with E-state index < -0.39 is 0 Å². The van der Waals surface area contributed by atoms with E-state index in [4.69, 9.17) is 4.74 Å². The summed E-state index contributed by atoms with van der Waals surface area (Å²) < 4.78 is 5.99. The monoisotopic (exact) mass is 412 g/mol. The molecule has 2 aliphatic rings. The Labute approximate surface area is 176 Å². The Hall–Kier alpha value is -2.18. The van der Waals surface area contributed by atoms with Gasteiger partial charge < -0.3 is 14.5 Å². The average Bonchev–Trinajstić information content (AvgIpc) is 3.46. The molecular weight excluding hydrogens is 384 g/mol. The number of ether oxygens (including phenoxy) is 1. The minimum absolute atomic E-state index is 0.0607. The minimum atomic E-state index is -0.150. The van der Waals surface area contributed by atoms with E-state index in [0.717, 1.165) is 41.7 Å². The summed E-state index contributed by atoms with van der Waals surface area (Å²) in [5.74, 6) is 0.132. The zero-order valence-corrected chi connectivity index (χ0v) is 17.7. The zero-order valence-electron chi connectivity index (χ0n) is 16.9. The third kappa shape index (κ3) is 4.70. The number of amides is 2. The predicted octanol–water partition coefficient (Wildman–Crippen LogP) is 3.98. The van der Waals surface area contributed by atoms with Crippen LogP contribution in [0.1, 0.15) is 51.3 Å². The van der Waals surface area contributed by atoms with Crippen LogP contribution in [0.2, 0.25) is 0 Å². The zero-order chi connectivity index (χ0) is 20.2. The van der Waals surface area contributed by atoms with E-state index in [1.165, 1.54) is 11.3 Å². The summed E-state index contributed by atoms with van der Waals surface area (Å²) in [6, 6.07) is 11.8.